The molecule has 0 amide bonds. The molecule has 4 rings (SSSR count). The standard InChI is InChI=1S/C17H17BN6O4S2/c25-4-5-29-10-6-13(28-12-2-1-3-24-16(12)20-9-21-24)15(19-7-10)23-17-22-14(18-30-17)11(27)8-26/h1-3,6-7,9,11,25-27H,4-5,8H2,(H,19,22,23). The summed E-state index contributed by atoms with van der Waals surface area (Å²) in [7, 11) is 0. The van der Waals surface area contributed by atoms with Crippen LogP contribution in [-0.4, -0.2) is 65.0 Å². The Labute approximate surface area is 179 Å². The number of nitrogens with one attached hydrogen (secondary N) is 1. The van der Waals surface area contributed by atoms with Crippen LogP contribution in [0.4, 0.5) is 5.82 Å². The predicted octanol–water partition coefficient (Wildman–Crippen LogP) is 0.987. The van der Waals surface area contributed by atoms with Gasteiger partial charge in [-0.1, -0.05) is 0 Å². The minimum absolute atomic E-state index is 0.0478. The molecule has 0 fully saturated rings. The molecule has 0 saturated carbocycles. The monoisotopic (exact) mass is 444 g/mol. The van der Waals surface area contributed by atoms with Gasteiger partial charge in [0.1, 0.15) is 0 Å². The Bertz CT molecular complexity index is 1210. The second kappa shape index (κ2) is 9.49. The number of pyridine rings is 2. The van der Waals surface area contributed by atoms with Crippen LogP contribution < -0.4 is 9.54 Å². The Morgan fingerprint density at radius 2 is 2.23 bits per heavy atom. The fraction of sp³-hybridized carbons (Fsp3) is 0.235. The number of thioether (sulfide) groups is 1. The first-order valence-electron chi connectivity index (χ1n) is 8.89. The summed E-state index contributed by atoms with van der Waals surface area (Å²) in [5, 5.41) is 32.1. The van der Waals surface area contributed by atoms with Crippen LogP contribution in [0.2, 0.25) is 0 Å². The van der Waals surface area contributed by atoms with E-state index in [1.165, 1.54) is 29.3 Å². The Balaban J connectivity index is 1.73. The van der Waals surface area contributed by atoms with Gasteiger partial charge in [0.15, 0.2) is 0 Å². The quantitative estimate of drug-likeness (QED) is 0.295. The molecule has 0 bridgehead atoms. The van der Waals surface area contributed by atoms with Crippen LogP contribution >= 0.6 is 22.9 Å². The number of rotatable bonds is 8. The van der Waals surface area contributed by atoms with Crippen LogP contribution in [0.3, 0.4) is 0 Å². The minimum atomic E-state index is -1.00. The van der Waals surface area contributed by atoms with Gasteiger partial charge in [0.05, 0.1) is 0 Å². The van der Waals surface area contributed by atoms with E-state index in [1.807, 2.05) is 0 Å². The van der Waals surface area contributed by atoms with Crippen molar-refractivity contribution in [2.45, 2.75) is 11.0 Å². The van der Waals surface area contributed by atoms with Gasteiger partial charge in [0.2, 0.25) is 0 Å². The van der Waals surface area contributed by atoms with E-state index in [4.69, 9.17) is 14.9 Å². The van der Waals surface area contributed by atoms with Crippen molar-refractivity contribution < 1.29 is 20.1 Å². The first kappa shape index (κ1) is 20.7. The summed E-state index contributed by atoms with van der Waals surface area (Å²) >= 11 is 2.71. The average Bonchev–Trinajstić information content (AvgIpc) is 3.43. The van der Waals surface area contributed by atoms with Crippen molar-refractivity contribution in [1.29, 1.82) is 0 Å². The van der Waals surface area contributed by atoms with Crippen LogP contribution in [0.25, 0.3) is 5.65 Å². The SMILES string of the molecule is OCCSc1cnc(/N=c2/[nH]c(C(O)CO)bs2)c(Oc2cccn3ncnc23)c1. The molecule has 10 nitrogen and oxygen atoms in total. The third-order valence-electron chi connectivity index (χ3n) is 3.94. The van der Waals surface area contributed by atoms with Crippen molar-refractivity contribution >= 4 is 40.6 Å². The first-order chi connectivity index (χ1) is 14.7. The Hall–Kier alpha value is -2.58. The van der Waals surface area contributed by atoms with Crippen molar-refractivity contribution in [3.63, 3.8) is 0 Å². The van der Waals surface area contributed by atoms with Gasteiger partial charge in [0.25, 0.3) is 0 Å². The molecule has 1 unspecified atom stereocenters. The van der Waals surface area contributed by atoms with Crippen LogP contribution in [0.1, 0.15) is 11.7 Å². The van der Waals surface area contributed by atoms with Crippen molar-refractivity contribution in [2.75, 3.05) is 19.0 Å². The van der Waals surface area contributed by atoms with E-state index in [1.54, 1.807) is 41.3 Å². The van der Waals surface area contributed by atoms with Gasteiger partial charge in [-0.2, -0.15) is 0 Å². The molecule has 13 heteroatoms. The molecule has 0 radical (unpaired) electrons. The number of fused-ring (bicyclic) bond motifs is 1. The molecule has 4 N–H and O–H groups in total. The molecule has 4 heterocycles. The summed E-state index contributed by atoms with van der Waals surface area (Å²) in [6.45, 7) is -0.343. The number of H-pyrrole nitrogens is 1. The van der Waals surface area contributed by atoms with Gasteiger partial charge in [0, 0.05) is 0 Å². The van der Waals surface area contributed by atoms with Gasteiger partial charge < -0.3 is 0 Å². The van der Waals surface area contributed by atoms with Crippen molar-refractivity contribution in [3.05, 3.63) is 47.3 Å². The molecule has 0 aromatic carbocycles. The Morgan fingerprint density at radius 1 is 1.33 bits per heavy atom. The predicted molar refractivity (Wildman–Crippen MR) is 112 cm³/mol. The van der Waals surface area contributed by atoms with Crippen molar-refractivity contribution in [2.24, 2.45) is 4.99 Å². The number of aromatic nitrogens is 5. The molecule has 4 aromatic heterocycles. The molecular formula is C17H17BN6O4S2. The zero-order chi connectivity index (χ0) is 20.9. The zero-order valence-corrected chi connectivity index (χ0v) is 17.2. The Morgan fingerprint density at radius 3 is 3.07 bits per heavy atom. The first-order valence-corrected chi connectivity index (χ1v) is 10.8. The maximum atomic E-state index is 9.76. The molecule has 30 heavy (non-hydrogen) atoms. The van der Waals surface area contributed by atoms with Gasteiger partial charge >= 0.3 is 179 Å². The number of hydrogen-bond acceptors (Lipinski definition) is 10. The summed E-state index contributed by atoms with van der Waals surface area (Å²) in [4.78, 5) is 17.4. The summed E-state index contributed by atoms with van der Waals surface area (Å²) in [5.41, 5.74) is 1.01. The Kier molecular flexibility index (Phi) is 6.54. The van der Waals surface area contributed by atoms with E-state index in [0.717, 1.165) is 4.90 Å². The van der Waals surface area contributed by atoms with Crippen LogP contribution in [0.5, 0.6) is 11.5 Å². The third-order valence-corrected chi connectivity index (χ3v) is 5.68. The van der Waals surface area contributed by atoms with Gasteiger partial charge in [-0.15, -0.1) is 0 Å². The molecule has 0 aliphatic carbocycles. The molecule has 154 valence electrons. The number of aromatic amines is 1. The number of ether oxygens (including phenoxy) is 1. The van der Waals surface area contributed by atoms with Crippen molar-refractivity contribution in [1.82, 2.24) is 24.6 Å². The topological polar surface area (TPSA) is 141 Å². The van der Waals surface area contributed by atoms with E-state index in [-0.39, 0.29) is 6.61 Å². The van der Waals surface area contributed by atoms with Crippen LogP contribution in [-0.2, 0) is 0 Å². The fourth-order valence-corrected chi connectivity index (χ4v) is 3.97. The molecule has 4 aromatic rings. The van der Waals surface area contributed by atoms with E-state index in [9.17, 15) is 5.11 Å². The molecule has 0 saturated heterocycles. The average molecular weight is 444 g/mol. The number of aliphatic hydroxyl groups is 3. The van der Waals surface area contributed by atoms with Gasteiger partial charge in [-0.05, 0) is 0 Å². The van der Waals surface area contributed by atoms with E-state index < -0.39 is 12.7 Å². The van der Waals surface area contributed by atoms with E-state index >= 15 is 0 Å². The molecule has 0 aliphatic heterocycles. The van der Waals surface area contributed by atoms with Gasteiger partial charge in [-0.25, -0.2) is 0 Å². The number of nitrogens with zero attached hydrogens (tertiary/aromatic N) is 5. The van der Waals surface area contributed by atoms with Gasteiger partial charge in [-0.3, -0.25) is 0 Å². The zero-order valence-electron chi connectivity index (χ0n) is 15.5. The van der Waals surface area contributed by atoms with E-state index in [2.05, 4.69) is 25.0 Å². The van der Waals surface area contributed by atoms with Crippen LogP contribution in [0.15, 0.2) is 46.8 Å². The molecule has 0 spiro atoms. The second-order valence-corrected chi connectivity index (χ2v) is 8.03. The number of hydrogen-bond donors (Lipinski definition) is 4. The molecule has 0 aliphatic rings. The third kappa shape index (κ3) is 4.60. The second-order valence-electron chi connectivity index (χ2n) is 6.00. The molecule has 1 atom stereocenters. The normalized spacial score (nSPS) is 13.0. The summed E-state index contributed by atoms with van der Waals surface area (Å²) in [6, 6.07) is 5.36. The fourth-order valence-electron chi connectivity index (χ4n) is 2.55. The maximum absolute atomic E-state index is 9.76. The van der Waals surface area contributed by atoms with Crippen molar-refractivity contribution in [3.8, 4) is 11.5 Å². The van der Waals surface area contributed by atoms with Crippen LogP contribution in [0, 0.1) is 0 Å². The molecular weight excluding hydrogens is 427 g/mol. The summed E-state index contributed by atoms with van der Waals surface area (Å²) < 4.78 is 7.69. The summed E-state index contributed by atoms with van der Waals surface area (Å²) in [5.74, 6) is 1.75. The summed E-state index contributed by atoms with van der Waals surface area (Å²) in [6.07, 6.45) is 5.54. The van der Waals surface area contributed by atoms with E-state index in [0.29, 0.717) is 39.1 Å². The number of aliphatic hydroxyl groups excluding tert-OH is 3.